The lowest BCUT2D eigenvalue weighted by Gasteiger charge is -2.39. The van der Waals surface area contributed by atoms with Crippen LogP contribution < -0.4 is 10.6 Å². The number of thiazole rings is 1. The fourth-order valence-corrected chi connectivity index (χ4v) is 5.64. The number of aliphatic hydroxyl groups is 1. The standard InChI is InChI=1S/C26H33F4N5O3S/c1-13-10-26(29,30)12-35(13)23(37)18-19(39-22(33-18)21(36)32-14(2)24(3,4)38)16-11-31-17(9-15(16)20(27)28)34-25(5)7-6-8-25/h9,11,13-14,20,38H,6-8,10,12H2,1-5H3,(H,31,34)(H,32,36)/t13-,14-/m0/s1. The molecule has 4 rings (SSSR count). The Bertz CT molecular complexity index is 1260. The molecule has 2 aromatic rings. The normalized spacial score (nSPS) is 21.0. The van der Waals surface area contributed by atoms with Crippen molar-refractivity contribution < 1.29 is 32.3 Å². The largest absolute Gasteiger partial charge is 0.388 e. The predicted octanol–water partition coefficient (Wildman–Crippen LogP) is 5.26. The zero-order valence-corrected chi connectivity index (χ0v) is 23.3. The molecule has 0 spiro atoms. The summed E-state index contributed by atoms with van der Waals surface area (Å²) in [6, 6.07) is -0.331. The third-order valence-corrected chi connectivity index (χ3v) is 8.61. The third kappa shape index (κ3) is 6.19. The minimum Gasteiger partial charge on any atom is -0.388 e. The van der Waals surface area contributed by atoms with Gasteiger partial charge in [0.25, 0.3) is 24.2 Å². The van der Waals surface area contributed by atoms with Gasteiger partial charge in [0.15, 0.2) is 5.01 Å². The Morgan fingerprint density at radius 1 is 1.28 bits per heavy atom. The van der Waals surface area contributed by atoms with Crippen molar-refractivity contribution >= 4 is 29.0 Å². The van der Waals surface area contributed by atoms with E-state index in [9.17, 15) is 32.3 Å². The molecule has 0 bridgehead atoms. The maximum Gasteiger partial charge on any atom is 0.280 e. The second-order valence-corrected chi connectivity index (χ2v) is 12.4. The molecule has 214 valence electrons. The van der Waals surface area contributed by atoms with E-state index in [2.05, 4.69) is 20.6 Å². The number of pyridine rings is 1. The van der Waals surface area contributed by atoms with Crippen LogP contribution in [0.4, 0.5) is 23.4 Å². The number of alkyl halides is 4. The number of nitrogens with one attached hydrogen (secondary N) is 2. The summed E-state index contributed by atoms with van der Waals surface area (Å²) in [5.41, 5.74) is -2.44. The van der Waals surface area contributed by atoms with Gasteiger partial charge < -0.3 is 20.6 Å². The summed E-state index contributed by atoms with van der Waals surface area (Å²) >= 11 is 0.694. The van der Waals surface area contributed by atoms with Crippen molar-refractivity contribution in [3.05, 3.63) is 28.5 Å². The summed E-state index contributed by atoms with van der Waals surface area (Å²) in [5.74, 6) is -4.48. The average Bonchev–Trinajstić information content (AvgIpc) is 3.37. The van der Waals surface area contributed by atoms with E-state index in [1.807, 2.05) is 6.92 Å². The van der Waals surface area contributed by atoms with E-state index in [0.717, 1.165) is 24.2 Å². The zero-order valence-electron chi connectivity index (χ0n) is 22.4. The molecule has 8 nitrogen and oxygen atoms in total. The molecule has 0 radical (unpaired) electrons. The van der Waals surface area contributed by atoms with Gasteiger partial charge in [-0.25, -0.2) is 27.5 Å². The number of anilines is 1. The van der Waals surface area contributed by atoms with Crippen LogP contribution in [0.2, 0.25) is 0 Å². The summed E-state index contributed by atoms with van der Waals surface area (Å²) < 4.78 is 56.8. The molecule has 3 N–H and O–H groups in total. The number of aromatic nitrogens is 2. The lowest BCUT2D eigenvalue weighted by Crippen LogP contribution is -2.47. The molecule has 0 aromatic carbocycles. The summed E-state index contributed by atoms with van der Waals surface area (Å²) in [6.07, 6.45) is 0.449. The molecule has 1 saturated carbocycles. The van der Waals surface area contributed by atoms with Crippen LogP contribution in [-0.4, -0.2) is 67.5 Å². The van der Waals surface area contributed by atoms with Gasteiger partial charge in [0, 0.05) is 35.3 Å². The van der Waals surface area contributed by atoms with Crippen molar-refractivity contribution in [2.24, 2.45) is 0 Å². The molecule has 2 atom stereocenters. The van der Waals surface area contributed by atoms with Crippen LogP contribution in [0.3, 0.4) is 0 Å². The van der Waals surface area contributed by atoms with E-state index in [1.165, 1.54) is 33.0 Å². The van der Waals surface area contributed by atoms with E-state index in [1.54, 1.807) is 6.92 Å². The highest BCUT2D eigenvalue weighted by Gasteiger charge is 2.46. The highest BCUT2D eigenvalue weighted by Crippen LogP contribution is 2.41. The van der Waals surface area contributed by atoms with E-state index < -0.39 is 60.4 Å². The summed E-state index contributed by atoms with van der Waals surface area (Å²) in [4.78, 5) is 35.8. The molecular formula is C26H33F4N5O3S. The van der Waals surface area contributed by atoms with Crippen LogP contribution in [0, 0.1) is 0 Å². The van der Waals surface area contributed by atoms with Crippen molar-refractivity contribution in [3.63, 3.8) is 0 Å². The second kappa shape index (κ2) is 10.3. The Hall–Kier alpha value is -2.80. The topological polar surface area (TPSA) is 107 Å². The molecule has 2 fully saturated rings. The number of carbonyl (C=O) groups excluding carboxylic acids is 2. The lowest BCUT2D eigenvalue weighted by molar-refractivity contribution is 0.0118. The predicted molar refractivity (Wildman–Crippen MR) is 139 cm³/mol. The fraction of sp³-hybridized carbons (Fsp3) is 0.615. The first-order valence-corrected chi connectivity index (χ1v) is 13.6. The lowest BCUT2D eigenvalue weighted by atomic mass is 9.78. The van der Waals surface area contributed by atoms with Crippen LogP contribution in [0.15, 0.2) is 12.3 Å². The molecular weight excluding hydrogens is 538 g/mol. The van der Waals surface area contributed by atoms with Gasteiger partial charge in [-0.05, 0) is 59.9 Å². The van der Waals surface area contributed by atoms with Crippen LogP contribution >= 0.6 is 11.3 Å². The molecule has 1 aliphatic carbocycles. The van der Waals surface area contributed by atoms with Crippen LogP contribution in [-0.2, 0) is 0 Å². The second-order valence-electron chi connectivity index (χ2n) is 11.4. The maximum atomic E-state index is 14.3. The highest BCUT2D eigenvalue weighted by atomic mass is 32.1. The van der Waals surface area contributed by atoms with Crippen LogP contribution in [0.1, 0.15) is 92.6 Å². The summed E-state index contributed by atoms with van der Waals surface area (Å²) in [5, 5.41) is 15.7. The molecule has 2 amide bonds. The number of carbonyl (C=O) groups is 2. The molecule has 0 unspecified atom stereocenters. The maximum absolute atomic E-state index is 14.3. The van der Waals surface area contributed by atoms with E-state index in [-0.39, 0.29) is 32.5 Å². The monoisotopic (exact) mass is 571 g/mol. The molecule has 2 aromatic heterocycles. The fourth-order valence-electron chi connectivity index (χ4n) is 4.65. The number of halogens is 4. The van der Waals surface area contributed by atoms with E-state index in [0.29, 0.717) is 11.3 Å². The molecule has 1 aliphatic heterocycles. The minimum atomic E-state index is -3.10. The Balaban J connectivity index is 1.77. The molecule has 1 saturated heterocycles. The third-order valence-electron chi connectivity index (χ3n) is 7.52. The van der Waals surface area contributed by atoms with Crippen molar-refractivity contribution in [1.82, 2.24) is 20.2 Å². The molecule has 13 heteroatoms. The van der Waals surface area contributed by atoms with E-state index >= 15 is 0 Å². The number of nitrogens with zero attached hydrogens (tertiary/aromatic N) is 3. The summed E-state index contributed by atoms with van der Waals surface area (Å²) in [7, 11) is 0. The zero-order chi connectivity index (χ0) is 28.9. The average molecular weight is 572 g/mol. The molecule has 2 aliphatic rings. The molecule has 39 heavy (non-hydrogen) atoms. The Morgan fingerprint density at radius 2 is 1.95 bits per heavy atom. The first kappa shape index (κ1) is 29.2. The van der Waals surface area contributed by atoms with Gasteiger partial charge in [-0.2, -0.15) is 0 Å². The van der Waals surface area contributed by atoms with Crippen molar-refractivity contribution in [1.29, 1.82) is 0 Å². The van der Waals surface area contributed by atoms with Gasteiger partial charge in [0.1, 0.15) is 11.5 Å². The van der Waals surface area contributed by atoms with E-state index in [4.69, 9.17) is 0 Å². The van der Waals surface area contributed by atoms with Gasteiger partial charge in [-0.15, -0.1) is 11.3 Å². The first-order valence-electron chi connectivity index (χ1n) is 12.8. The number of hydrogen-bond acceptors (Lipinski definition) is 7. The smallest absolute Gasteiger partial charge is 0.280 e. The minimum absolute atomic E-state index is 0.0623. The SMILES string of the molecule is C[C@H](NC(=O)c1nc(C(=O)N2CC(F)(F)C[C@@H]2C)c(-c2cnc(NC3(C)CCC3)cc2C(F)F)s1)C(C)(C)O. The van der Waals surface area contributed by atoms with Crippen molar-refractivity contribution in [3.8, 4) is 10.4 Å². The summed E-state index contributed by atoms with van der Waals surface area (Å²) in [6.45, 7) is 7.16. The van der Waals surface area contributed by atoms with Crippen LogP contribution in [0.25, 0.3) is 10.4 Å². The van der Waals surface area contributed by atoms with Crippen molar-refractivity contribution in [2.75, 3.05) is 11.9 Å². The number of amides is 2. The van der Waals surface area contributed by atoms with Gasteiger partial charge in [-0.3, -0.25) is 9.59 Å². The number of rotatable bonds is 8. The van der Waals surface area contributed by atoms with Crippen molar-refractivity contribution in [2.45, 2.75) is 95.9 Å². The highest BCUT2D eigenvalue weighted by molar-refractivity contribution is 7.17. The molecule has 3 heterocycles. The Labute approximate surface area is 228 Å². The van der Waals surface area contributed by atoms with Crippen LogP contribution in [0.5, 0.6) is 0 Å². The van der Waals surface area contributed by atoms with Gasteiger partial charge in [-0.1, -0.05) is 0 Å². The van der Waals surface area contributed by atoms with Gasteiger partial charge >= 0.3 is 0 Å². The van der Waals surface area contributed by atoms with Gasteiger partial charge in [0.05, 0.1) is 23.1 Å². The quantitative estimate of drug-likeness (QED) is 0.374. The Kier molecular flexibility index (Phi) is 7.71. The Morgan fingerprint density at radius 3 is 2.46 bits per heavy atom. The first-order chi connectivity index (χ1) is 18.0. The van der Waals surface area contributed by atoms with Gasteiger partial charge in [0.2, 0.25) is 0 Å². The number of hydrogen-bond donors (Lipinski definition) is 3. The number of likely N-dealkylation sites (tertiary alicyclic amines) is 1.